The van der Waals surface area contributed by atoms with Gasteiger partial charge in [0.05, 0.1) is 12.2 Å². The zero-order valence-electron chi connectivity index (χ0n) is 10.2. The number of aryl methyl sites for hydroxylation is 1. The topological polar surface area (TPSA) is 37.8 Å². The Labute approximate surface area is 108 Å². The van der Waals surface area contributed by atoms with Crippen molar-refractivity contribution in [2.75, 3.05) is 5.32 Å². The second-order valence-electron chi connectivity index (χ2n) is 4.03. The molecule has 0 fully saturated rings. The summed E-state index contributed by atoms with van der Waals surface area (Å²) in [5, 5.41) is 2.84. The molecule has 0 amide bonds. The smallest absolute Gasteiger partial charge is 0.364 e. The maximum atomic E-state index is 12.5. The Balaban J connectivity index is 2.10. The summed E-state index contributed by atoms with van der Waals surface area (Å²) < 4.78 is 37.5. The Morgan fingerprint density at radius 1 is 1.16 bits per heavy atom. The number of nitrogens with zero attached hydrogens (tertiary/aromatic N) is 2. The molecule has 0 saturated carbocycles. The molecule has 2 rings (SSSR count). The van der Waals surface area contributed by atoms with Crippen LogP contribution in [-0.4, -0.2) is 9.97 Å². The van der Waals surface area contributed by atoms with Gasteiger partial charge in [-0.3, -0.25) is 4.98 Å². The van der Waals surface area contributed by atoms with Gasteiger partial charge < -0.3 is 5.32 Å². The first-order valence-corrected chi connectivity index (χ1v) is 5.65. The largest absolute Gasteiger partial charge is 0.433 e. The minimum atomic E-state index is -4.43. The summed E-state index contributed by atoms with van der Waals surface area (Å²) >= 11 is 0. The van der Waals surface area contributed by atoms with Gasteiger partial charge in [0.2, 0.25) is 0 Å². The fourth-order valence-corrected chi connectivity index (χ4v) is 1.57. The molecule has 0 atom stereocenters. The number of hydrogen-bond acceptors (Lipinski definition) is 3. The summed E-state index contributed by atoms with van der Waals surface area (Å²) in [7, 11) is 0. The normalized spacial score (nSPS) is 11.4. The van der Waals surface area contributed by atoms with Crippen molar-refractivity contribution in [3.8, 4) is 0 Å². The van der Waals surface area contributed by atoms with E-state index in [1.54, 1.807) is 12.3 Å². The zero-order valence-corrected chi connectivity index (χ0v) is 10.2. The van der Waals surface area contributed by atoms with E-state index in [0.717, 1.165) is 17.3 Å². The number of anilines is 1. The molecule has 2 aromatic rings. The zero-order chi connectivity index (χ0) is 13.9. The summed E-state index contributed by atoms with van der Waals surface area (Å²) in [4.78, 5) is 7.68. The molecule has 0 aromatic carbocycles. The lowest BCUT2D eigenvalue weighted by molar-refractivity contribution is -0.141. The van der Waals surface area contributed by atoms with Crippen molar-refractivity contribution in [3.63, 3.8) is 0 Å². The quantitative estimate of drug-likeness (QED) is 0.926. The van der Waals surface area contributed by atoms with Crippen LogP contribution in [-0.2, 0) is 12.7 Å². The first-order valence-electron chi connectivity index (χ1n) is 5.65. The van der Waals surface area contributed by atoms with Crippen molar-refractivity contribution in [1.82, 2.24) is 9.97 Å². The molecule has 0 bridgehead atoms. The van der Waals surface area contributed by atoms with E-state index in [9.17, 15) is 13.2 Å². The molecule has 2 heterocycles. The Bertz CT molecular complexity index is 567. The maximum absolute atomic E-state index is 12.5. The molecule has 3 nitrogen and oxygen atoms in total. The van der Waals surface area contributed by atoms with E-state index >= 15 is 0 Å². The predicted molar refractivity (Wildman–Crippen MR) is 65.5 cm³/mol. The van der Waals surface area contributed by atoms with Gasteiger partial charge in [-0.25, -0.2) is 4.98 Å². The Morgan fingerprint density at radius 3 is 2.63 bits per heavy atom. The van der Waals surface area contributed by atoms with Gasteiger partial charge in [0, 0.05) is 6.20 Å². The highest BCUT2D eigenvalue weighted by Crippen LogP contribution is 2.28. The number of halogens is 3. The second kappa shape index (κ2) is 5.26. The van der Waals surface area contributed by atoms with E-state index in [-0.39, 0.29) is 5.82 Å². The van der Waals surface area contributed by atoms with Crippen LogP contribution in [0.15, 0.2) is 36.5 Å². The first kappa shape index (κ1) is 13.3. The van der Waals surface area contributed by atoms with Gasteiger partial charge in [-0.1, -0.05) is 12.1 Å². The number of hydrogen-bond donors (Lipinski definition) is 1. The molecule has 0 unspecified atom stereocenters. The number of aromatic nitrogens is 2. The average Bonchev–Trinajstić information content (AvgIpc) is 2.37. The standard InChI is InChI=1S/C13H12F3N3/c1-9-4-3-7-17-10(9)8-18-12-6-2-5-11(19-12)13(14,15)16/h2-7H,8H2,1H3,(H,18,19). The van der Waals surface area contributed by atoms with Crippen LogP contribution in [0.1, 0.15) is 17.0 Å². The second-order valence-corrected chi connectivity index (χ2v) is 4.03. The highest BCUT2D eigenvalue weighted by Gasteiger charge is 2.32. The molecular formula is C13H12F3N3. The predicted octanol–water partition coefficient (Wildman–Crippen LogP) is 3.42. The molecular weight excluding hydrogens is 255 g/mol. The van der Waals surface area contributed by atoms with Crippen molar-refractivity contribution in [2.45, 2.75) is 19.6 Å². The monoisotopic (exact) mass is 267 g/mol. The van der Waals surface area contributed by atoms with E-state index < -0.39 is 11.9 Å². The molecule has 0 saturated heterocycles. The number of nitrogens with one attached hydrogen (secondary N) is 1. The number of alkyl halides is 3. The van der Waals surface area contributed by atoms with Crippen LogP contribution in [0.3, 0.4) is 0 Å². The van der Waals surface area contributed by atoms with Crippen LogP contribution < -0.4 is 5.32 Å². The SMILES string of the molecule is Cc1cccnc1CNc1cccc(C(F)(F)F)n1. The summed E-state index contributed by atoms with van der Waals surface area (Å²) in [6.45, 7) is 2.23. The van der Waals surface area contributed by atoms with Crippen molar-refractivity contribution >= 4 is 5.82 Å². The van der Waals surface area contributed by atoms with Crippen LogP contribution in [0.4, 0.5) is 19.0 Å². The lowest BCUT2D eigenvalue weighted by Gasteiger charge is -2.10. The number of pyridine rings is 2. The van der Waals surface area contributed by atoms with Crippen LogP contribution in [0.25, 0.3) is 0 Å². The summed E-state index contributed by atoms with van der Waals surface area (Å²) in [5.41, 5.74) is 0.846. The first-order chi connectivity index (χ1) is 8.97. The van der Waals surface area contributed by atoms with Gasteiger partial charge >= 0.3 is 6.18 Å². The molecule has 100 valence electrons. The van der Waals surface area contributed by atoms with Crippen LogP contribution in [0, 0.1) is 6.92 Å². The van der Waals surface area contributed by atoms with Gasteiger partial charge in [-0.15, -0.1) is 0 Å². The van der Waals surface area contributed by atoms with Crippen molar-refractivity contribution in [1.29, 1.82) is 0 Å². The Kier molecular flexibility index (Phi) is 3.69. The van der Waals surface area contributed by atoms with Gasteiger partial charge in [-0.05, 0) is 30.7 Å². The van der Waals surface area contributed by atoms with E-state index in [4.69, 9.17) is 0 Å². The van der Waals surface area contributed by atoms with Crippen molar-refractivity contribution < 1.29 is 13.2 Å². The van der Waals surface area contributed by atoms with E-state index in [1.807, 2.05) is 13.0 Å². The lowest BCUT2D eigenvalue weighted by Crippen LogP contribution is -2.10. The molecule has 19 heavy (non-hydrogen) atoms. The third kappa shape index (κ3) is 3.43. The lowest BCUT2D eigenvalue weighted by atomic mass is 10.2. The molecule has 6 heteroatoms. The minimum absolute atomic E-state index is 0.180. The highest BCUT2D eigenvalue weighted by atomic mass is 19.4. The minimum Gasteiger partial charge on any atom is -0.364 e. The summed E-state index contributed by atoms with van der Waals surface area (Å²) in [6.07, 6.45) is -2.79. The van der Waals surface area contributed by atoms with Crippen LogP contribution in [0.5, 0.6) is 0 Å². The fourth-order valence-electron chi connectivity index (χ4n) is 1.57. The molecule has 2 aromatic heterocycles. The van der Waals surface area contributed by atoms with E-state index in [0.29, 0.717) is 6.54 Å². The van der Waals surface area contributed by atoms with E-state index in [1.165, 1.54) is 12.1 Å². The molecule has 1 N–H and O–H groups in total. The molecule has 0 aliphatic carbocycles. The maximum Gasteiger partial charge on any atom is 0.433 e. The summed E-state index contributed by atoms with van der Waals surface area (Å²) in [6, 6.07) is 7.46. The van der Waals surface area contributed by atoms with Gasteiger partial charge in [-0.2, -0.15) is 13.2 Å². The fraction of sp³-hybridized carbons (Fsp3) is 0.231. The van der Waals surface area contributed by atoms with Crippen molar-refractivity contribution in [2.24, 2.45) is 0 Å². The molecule has 0 aliphatic rings. The average molecular weight is 267 g/mol. The molecule has 0 aliphatic heterocycles. The van der Waals surface area contributed by atoms with Crippen molar-refractivity contribution in [3.05, 3.63) is 53.5 Å². The Hall–Kier alpha value is -2.11. The molecule has 0 radical (unpaired) electrons. The van der Waals surface area contributed by atoms with Gasteiger partial charge in [0.1, 0.15) is 11.5 Å². The third-order valence-electron chi connectivity index (χ3n) is 2.59. The highest BCUT2D eigenvalue weighted by molar-refractivity contribution is 5.37. The van der Waals surface area contributed by atoms with E-state index in [2.05, 4.69) is 15.3 Å². The van der Waals surface area contributed by atoms with Gasteiger partial charge in [0.15, 0.2) is 0 Å². The van der Waals surface area contributed by atoms with Crippen LogP contribution >= 0.6 is 0 Å². The molecule has 0 spiro atoms. The van der Waals surface area contributed by atoms with Crippen LogP contribution in [0.2, 0.25) is 0 Å². The summed E-state index contributed by atoms with van der Waals surface area (Å²) in [5.74, 6) is 0.180. The Morgan fingerprint density at radius 2 is 1.95 bits per heavy atom. The third-order valence-corrected chi connectivity index (χ3v) is 2.59. The van der Waals surface area contributed by atoms with Gasteiger partial charge in [0.25, 0.3) is 0 Å². The number of rotatable bonds is 3.